The summed E-state index contributed by atoms with van der Waals surface area (Å²) in [5, 5.41) is 20.7. The summed E-state index contributed by atoms with van der Waals surface area (Å²) in [5.74, 6) is -1.22. The fourth-order valence-electron chi connectivity index (χ4n) is 6.50. The van der Waals surface area contributed by atoms with Crippen LogP contribution in [0, 0.1) is 66.7 Å². The van der Waals surface area contributed by atoms with E-state index < -0.39 is 5.97 Å². The van der Waals surface area contributed by atoms with Crippen molar-refractivity contribution in [2.45, 2.75) is 55.4 Å². The molecule has 1 N–H and O–H groups in total. The lowest BCUT2D eigenvalue weighted by Crippen LogP contribution is -2.01. The maximum Gasteiger partial charge on any atom is 0.346 e. The van der Waals surface area contributed by atoms with Crippen molar-refractivity contribution >= 4 is 56.5 Å². The number of thiophene rings is 2. The SMILES string of the molecule is Cc1c(C)c(C)c2c(c1C)c1c(C)c(C)c(C)c(C)c1n2-c1ccc(-c2ccc(-c3ccc(/C=C/C=C(/C#N)C(=O)O)s3)s2)cc1. The third-order valence-electron chi connectivity index (χ3n) is 9.77. The molecule has 0 fully saturated rings. The topological polar surface area (TPSA) is 66.0 Å². The van der Waals surface area contributed by atoms with Gasteiger partial charge in [0.25, 0.3) is 0 Å². The molecule has 0 aliphatic rings. The fraction of sp³-hybridized carbons (Fsp3) is 0.200. The second-order valence-electron chi connectivity index (χ2n) is 12.1. The predicted molar refractivity (Wildman–Crippen MR) is 196 cm³/mol. The van der Waals surface area contributed by atoms with Crippen LogP contribution in [-0.4, -0.2) is 15.6 Å². The van der Waals surface area contributed by atoms with E-state index in [4.69, 9.17) is 10.4 Å². The number of fused-ring (bicyclic) bond motifs is 3. The van der Waals surface area contributed by atoms with Crippen LogP contribution in [0.1, 0.15) is 49.4 Å². The normalized spacial score (nSPS) is 12.1. The average Bonchev–Trinajstić information content (AvgIpc) is 3.80. The molecular formula is C40H36N2O2S2. The molecule has 230 valence electrons. The van der Waals surface area contributed by atoms with Crippen LogP contribution in [0.15, 0.2) is 66.3 Å². The molecule has 6 heteroatoms. The second-order valence-corrected chi connectivity index (χ2v) is 14.3. The number of allylic oxidation sites excluding steroid dienone is 2. The Morgan fingerprint density at radius 1 is 0.674 bits per heavy atom. The van der Waals surface area contributed by atoms with Crippen molar-refractivity contribution in [3.8, 4) is 32.0 Å². The third kappa shape index (κ3) is 5.01. The molecule has 0 saturated carbocycles. The molecule has 0 aliphatic carbocycles. The maximum absolute atomic E-state index is 11.0. The van der Waals surface area contributed by atoms with Gasteiger partial charge in [-0.25, -0.2) is 4.79 Å². The van der Waals surface area contributed by atoms with E-state index in [2.05, 4.69) is 102 Å². The van der Waals surface area contributed by atoms with Crippen molar-refractivity contribution in [1.82, 2.24) is 4.57 Å². The third-order valence-corrected chi connectivity index (χ3v) is 12.1. The summed E-state index contributed by atoms with van der Waals surface area (Å²) in [7, 11) is 0. The van der Waals surface area contributed by atoms with Crippen molar-refractivity contribution in [3.05, 3.63) is 116 Å². The number of hydrogen-bond acceptors (Lipinski definition) is 4. The zero-order valence-corrected chi connectivity index (χ0v) is 29.1. The lowest BCUT2D eigenvalue weighted by atomic mass is 9.90. The zero-order chi connectivity index (χ0) is 33.0. The van der Waals surface area contributed by atoms with Gasteiger partial charge < -0.3 is 9.67 Å². The molecule has 0 aliphatic heterocycles. The Hall–Kier alpha value is -4.70. The van der Waals surface area contributed by atoms with E-state index in [1.54, 1.807) is 34.8 Å². The number of nitrogens with zero attached hydrogens (tertiary/aromatic N) is 2. The van der Waals surface area contributed by atoms with Crippen molar-refractivity contribution in [3.63, 3.8) is 0 Å². The highest BCUT2D eigenvalue weighted by Gasteiger charge is 2.24. The highest BCUT2D eigenvalue weighted by Crippen LogP contribution is 2.44. The Balaban J connectivity index is 1.40. The van der Waals surface area contributed by atoms with Gasteiger partial charge in [-0.2, -0.15) is 5.26 Å². The van der Waals surface area contributed by atoms with Crippen LogP contribution in [0.2, 0.25) is 0 Å². The Kier molecular flexibility index (Phi) is 8.10. The van der Waals surface area contributed by atoms with Gasteiger partial charge in [-0.1, -0.05) is 18.2 Å². The first-order valence-corrected chi connectivity index (χ1v) is 16.9. The number of aliphatic carboxylic acids is 1. The minimum atomic E-state index is -1.22. The van der Waals surface area contributed by atoms with E-state index in [0.717, 1.165) is 9.75 Å². The van der Waals surface area contributed by atoms with Crippen LogP contribution >= 0.6 is 22.7 Å². The average molecular weight is 641 g/mol. The first kappa shape index (κ1) is 31.3. The van der Waals surface area contributed by atoms with Gasteiger partial charge >= 0.3 is 5.97 Å². The summed E-state index contributed by atoms with van der Waals surface area (Å²) in [4.78, 5) is 15.6. The molecule has 6 aromatic rings. The zero-order valence-electron chi connectivity index (χ0n) is 27.4. The summed E-state index contributed by atoms with van der Waals surface area (Å²) in [6, 6.07) is 19.1. The minimum absolute atomic E-state index is 0.286. The molecular weight excluding hydrogens is 605 g/mol. The number of aryl methyl sites for hydroxylation is 4. The molecule has 3 aromatic carbocycles. The first-order chi connectivity index (χ1) is 21.9. The van der Waals surface area contributed by atoms with E-state index in [1.165, 1.54) is 93.4 Å². The number of nitriles is 1. The Morgan fingerprint density at radius 2 is 1.17 bits per heavy atom. The summed E-state index contributed by atoms with van der Waals surface area (Å²) in [6.07, 6.45) is 4.76. The Labute approximate surface area is 278 Å². The van der Waals surface area contributed by atoms with Gasteiger partial charge in [0, 0.05) is 36.0 Å². The molecule has 0 bridgehead atoms. The molecule has 0 atom stereocenters. The number of benzene rings is 3. The van der Waals surface area contributed by atoms with Gasteiger partial charge in [0.15, 0.2) is 0 Å². The van der Waals surface area contributed by atoms with Crippen molar-refractivity contribution in [1.29, 1.82) is 5.26 Å². The largest absolute Gasteiger partial charge is 0.477 e. The molecule has 6 rings (SSSR count). The first-order valence-electron chi connectivity index (χ1n) is 15.3. The van der Waals surface area contributed by atoms with E-state index in [9.17, 15) is 4.79 Å². The highest BCUT2D eigenvalue weighted by atomic mass is 32.1. The molecule has 46 heavy (non-hydrogen) atoms. The number of carboxylic acid groups (broad SMARTS) is 1. The van der Waals surface area contributed by atoms with Crippen LogP contribution in [-0.2, 0) is 4.79 Å². The highest BCUT2D eigenvalue weighted by molar-refractivity contribution is 7.24. The van der Waals surface area contributed by atoms with Gasteiger partial charge in [-0.3, -0.25) is 0 Å². The molecule has 3 heterocycles. The smallest absolute Gasteiger partial charge is 0.346 e. The van der Waals surface area contributed by atoms with Crippen LogP contribution in [0.25, 0.3) is 53.8 Å². The maximum atomic E-state index is 11.0. The van der Waals surface area contributed by atoms with Gasteiger partial charge in [-0.15, -0.1) is 22.7 Å². The number of carboxylic acids is 1. The number of carbonyl (C=O) groups is 1. The van der Waals surface area contributed by atoms with Gasteiger partial charge in [-0.05, 0) is 154 Å². The van der Waals surface area contributed by atoms with Crippen LogP contribution in [0.4, 0.5) is 0 Å². The number of rotatable bonds is 6. The van der Waals surface area contributed by atoms with Crippen molar-refractivity contribution in [2.75, 3.05) is 0 Å². The number of hydrogen-bond donors (Lipinski definition) is 1. The molecule has 0 unspecified atom stereocenters. The van der Waals surface area contributed by atoms with Gasteiger partial charge in [0.2, 0.25) is 0 Å². The van der Waals surface area contributed by atoms with Crippen LogP contribution in [0.3, 0.4) is 0 Å². The second kappa shape index (κ2) is 11.9. The van der Waals surface area contributed by atoms with E-state index in [-0.39, 0.29) is 5.57 Å². The van der Waals surface area contributed by atoms with E-state index >= 15 is 0 Å². The molecule has 0 radical (unpaired) electrons. The van der Waals surface area contributed by atoms with Gasteiger partial charge in [0.05, 0.1) is 11.0 Å². The molecule has 0 saturated heterocycles. The summed E-state index contributed by atoms with van der Waals surface area (Å²) in [6.45, 7) is 18.1. The molecule has 3 aromatic heterocycles. The lowest BCUT2D eigenvalue weighted by Gasteiger charge is -2.16. The van der Waals surface area contributed by atoms with Crippen LogP contribution < -0.4 is 0 Å². The molecule has 4 nitrogen and oxygen atoms in total. The van der Waals surface area contributed by atoms with Crippen LogP contribution in [0.5, 0.6) is 0 Å². The standard InChI is InChI=1S/C40H36N2O2S2/c1-21-23(3)27(7)38-36(25(21)5)37-26(6)22(2)24(4)28(8)39(37)42(38)31-14-12-29(13-15-31)33-18-19-35(46-33)34-17-16-32(45-34)11-9-10-30(20-41)40(43)44/h9-19H,1-8H3,(H,43,44)/b11-9+,30-10-. The lowest BCUT2D eigenvalue weighted by molar-refractivity contribution is -0.132. The Morgan fingerprint density at radius 3 is 1.72 bits per heavy atom. The quantitative estimate of drug-likeness (QED) is 0.112. The predicted octanol–water partition coefficient (Wildman–Crippen LogP) is 11.3. The Bertz CT molecular complexity index is 2240. The van der Waals surface area contributed by atoms with E-state index in [1.807, 2.05) is 12.1 Å². The van der Waals surface area contributed by atoms with Crippen molar-refractivity contribution < 1.29 is 9.90 Å². The van der Waals surface area contributed by atoms with Crippen molar-refractivity contribution in [2.24, 2.45) is 0 Å². The monoisotopic (exact) mass is 640 g/mol. The molecule has 0 amide bonds. The molecule has 0 spiro atoms. The van der Waals surface area contributed by atoms with Gasteiger partial charge in [0.1, 0.15) is 11.6 Å². The summed E-state index contributed by atoms with van der Waals surface area (Å²) >= 11 is 3.39. The van der Waals surface area contributed by atoms with E-state index in [0.29, 0.717) is 0 Å². The summed E-state index contributed by atoms with van der Waals surface area (Å²) < 4.78 is 2.50. The minimum Gasteiger partial charge on any atom is -0.477 e. The fourth-order valence-corrected chi connectivity index (χ4v) is 8.52. The summed E-state index contributed by atoms with van der Waals surface area (Å²) in [5.41, 5.74) is 15.6. The number of aromatic nitrogens is 1.